The molecule has 0 aliphatic carbocycles. The lowest BCUT2D eigenvalue weighted by Crippen LogP contribution is -2.49. The molecule has 1 N–H and O–H groups in total. The van der Waals surface area contributed by atoms with Gasteiger partial charge in [0, 0.05) is 44.8 Å². The number of piperidine rings is 1. The lowest BCUT2D eigenvalue weighted by molar-refractivity contribution is -0.131. The van der Waals surface area contributed by atoms with Crippen molar-refractivity contribution in [1.29, 1.82) is 0 Å². The van der Waals surface area contributed by atoms with Crippen LogP contribution in [-0.2, 0) is 11.2 Å². The van der Waals surface area contributed by atoms with Crippen LogP contribution in [0.1, 0.15) is 24.8 Å². The molecule has 0 atom stereocenters. The van der Waals surface area contributed by atoms with E-state index in [2.05, 4.69) is 40.1 Å². The highest BCUT2D eigenvalue weighted by atomic mass is 16.3. The van der Waals surface area contributed by atoms with E-state index in [0.29, 0.717) is 6.42 Å². The van der Waals surface area contributed by atoms with E-state index in [1.165, 1.54) is 24.8 Å². The molecule has 2 saturated heterocycles. The van der Waals surface area contributed by atoms with Gasteiger partial charge in [0.15, 0.2) is 0 Å². The van der Waals surface area contributed by atoms with Crippen molar-refractivity contribution in [3.05, 3.63) is 60.2 Å². The zero-order chi connectivity index (χ0) is 20.8. The minimum Gasteiger partial charge on any atom is -0.508 e. The van der Waals surface area contributed by atoms with Gasteiger partial charge in [0.1, 0.15) is 5.75 Å². The second kappa shape index (κ2) is 9.98. The Kier molecular flexibility index (Phi) is 6.90. The van der Waals surface area contributed by atoms with Crippen molar-refractivity contribution in [2.45, 2.75) is 25.7 Å². The first kappa shape index (κ1) is 20.7. The minimum atomic E-state index is 0.284. The first-order valence-corrected chi connectivity index (χ1v) is 11.3. The van der Waals surface area contributed by atoms with Crippen LogP contribution in [0.25, 0.3) is 0 Å². The Morgan fingerprint density at radius 3 is 2.20 bits per heavy atom. The molecule has 2 heterocycles. The van der Waals surface area contributed by atoms with Crippen molar-refractivity contribution in [3.8, 4) is 5.75 Å². The number of carbonyl (C=O) groups is 1. The molecule has 2 fully saturated rings. The molecule has 2 aromatic carbocycles. The van der Waals surface area contributed by atoms with Gasteiger partial charge in [-0.1, -0.05) is 30.3 Å². The lowest BCUT2D eigenvalue weighted by Gasteiger charge is -2.37. The standard InChI is InChI=1S/C25H33N3O2/c29-24-8-6-23(7-9-24)27-16-18-28(19-17-27)25(30)12-15-26-13-10-22(11-14-26)20-21-4-2-1-3-5-21/h1-9,22,29H,10-20H2. The molecule has 2 aliphatic rings. The van der Waals surface area contributed by atoms with Gasteiger partial charge in [-0.05, 0) is 68.1 Å². The van der Waals surface area contributed by atoms with Crippen LogP contribution in [0.4, 0.5) is 5.69 Å². The van der Waals surface area contributed by atoms with E-state index in [-0.39, 0.29) is 11.7 Å². The fraction of sp³-hybridized carbons (Fsp3) is 0.480. The van der Waals surface area contributed by atoms with Gasteiger partial charge in [0.2, 0.25) is 5.91 Å². The van der Waals surface area contributed by atoms with Crippen LogP contribution in [0.2, 0.25) is 0 Å². The van der Waals surface area contributed by atoms with Crippen LogP contribution >= 0.6 is 0 Å². The average molecular weight is 408 g/mol. The molecule has 0 unspecified atom stereocenters. The van der Waals surface area contributed by atoms with Crippen LogP contribution in [0, 0.1) is 5.92 Å². The van der Waals surface area contributed by atoms with Gasteiger partial charge >= 0.3 is 0 Å². The molecule has 30 heavy (non-hydrogen) atoms. The Labute approximate surface area is 179 Å². The molecule has 1 amide bonds. The van der Waals surface area contributed by atoms with Crippen molar-refractivity contribution < 1.29 is 9.90 Å². The number of piperazine rings is 1. The number of nitrogens with zero attached hydrogens (tertiary/aromatic N) is 3. The number of aromatic hydroxyl groups is 1. The fourth-order valence-electron chi connectivity index (χ4n) is 4.65. The Bertz CT molecular complexity index is 793. The molecule has 0 aromatic heterocycles. The number of phenolic OH excluding ortho intramolecular Hbond substituents is 1. The first-order chi connectivity index (χ1) is 14.7. The third kappa shape index (κ3) is 5.54. The predicted octanol–water partition coefficient (Wildman–Crippen LogP) is 3.39. The van der Waals surface area contributed by atoms with Crippen LogP contribution in [0.5, 0.6) is 5.75 Å². The Balaban J connectivity index is 1.15. The summed E-state index contributed by atoms with van der Waals surface area (Å²) >= 11 is 0. The second-order valence-corrected chi connectivity index (χ2v) is 8.61. The van der Waals surface area contributed by atoms with Gasteiger partial charge in [-0.25, -0.2) is 0 Å². The zero-order valence-corrected chi connectivity index (χ0v) is 17.7. The topological polar surface area (TPSA) is 47.0 Å². The van der Waals surface area contributed by atoms with Crippen molar-refractivity contribution in [3.63, 3.8) is 0 Å². The van der Waals surface area contributed by atoms with Gasteiger partial charge in [0.05, 0.1) is 0 Å². The molecule has 160 valence electrons. The van der Waals surface area contributed by atoms with Gasteiger partial charge in [-0.15, -0.1) is 0 Å². The zero-order valence-electron chi connectivity index (χ0n) is 17.7. The third-order valence-corrected chi connectivity index (χ3v) is 6.56. The predicted molar refractivity (Wildman–Crippen MR) is 121 cm³/mol. The Morgan fingerprint density at radius 2 is 1.53 bits per heavy atom. The summed E-state index contributed by atoms with van der Waals surface area (Å²) in [6.07, 6.45) is 4.27. The molecular formula is C25H33N3O2. The summed E-state index contributed by atoms with van der Waals surface area (Å²) in [6, 6.07) is 18.1. The third-order valence-electron chi connectivity index (χ3n) is 6.56. The first-order valence-electron chi connectivity index (χ1n) is 11.3. The number of carbonyl (C=O) groups excluding carboxylic acids is 1. The van der Waals surface area contributed by atoms with E-state index >= 15 is 0 Å². The van der Waals surface area contributed by atoms with E-state index in [1.54, 1.807) is 12.1 Å². The van der Waals surface area contributed by atoms with Crippen molar-refractivity contribution in [2.75, 3.05) is 50.7 Å². The van der Waals surface area contributed by atoms with Gasteiger partial charge in [-0.2, -0.15) is 0 Å². The van der Waals surface area contributed by atoms with E-state index < -0.39 is 0 Å². The maximum atomic E-state index is 12.7. The van der Waals surface area contributed by atoms with Gasteiger partial charge < -0.3 is 19.8 Å². The smallest absolute Gasteiger partial charge is 0.223 e. The van der Waals surface area contributed by atoms with Crippen molar-refractivity contribution >= 4 is 11.6 Å². The quantitative estimate of drug-likeness (QED) is 0.797. The summed E-state index contributed by atoms with van der Waals surface area (Å²) in [5.41, 5.74) is 2.55. The molecule has 2 aliphatic heterocycles. The SMILES string of the molecule is O=C(CCN1CCC(Cc2ccccc2)CC1)N1CCN(c2ccc(O)cc2)CC1. The fourth-order valence-corrected chi connectivity index (χ4v) is 4.65. The van der Waals surface area contributed by atoms with Crippen LogP contribution in [0.15, 0.2) is 54.6 Å². The number of benzene rings is 2. The minimum absolute atomic E-state index is 0.284. The van der Waals surface area contributed by atoms with Crippen molar-refractivity contribution in [2.24, 2.45) is 5.92 Å². The molecule has 0 saturated carbocycles. The van der Waals surface area contributed by atoms with E-state index in [9.17, 15) is 9.90 Å². The van der Waals surface area contributed by atoms with Gasteiger partial charge in [-0.3, -0.25) is 4.79 Å². The molecule has 0 bridgehead atoms. The number of hydrogen-bond donors (Lipinski definition) is 1. The molecular weight excluding hydrogens is 374 g/mol. The van der Waals surface area contributed by atoms with E-state index in [1.807, 2.05) is 17.0 Å². The van der Waals surface area contributed by atoms with Crippen LogP contribution in [0.3, 0.4) is 0 Å². The summed E-state index contributed by atoms with van der Waals surface area (Å²) in [6.45, 7) is 6.36. The number of phenols is 1. The summed E-state index contributed by atoms with van der Waals surface area (Å²) in [7, 11) is 0. The maximum absolute atomic E-state index is 12.7. The van der Waals surface area contributed by atoms with E-state index in [0.717, 1.165) is 57.4 Å². The molecule has 2 aromatic rings. The Morgan fingerprint density at radius 1 is 0.867 bits per heavy atom. The number of anilines is 1. The molecule has 5 heteroatoms. The number of rotatable bonds is 6. The van der Waals surface area contributed by atoms with Crippen LogP contribution in [-0.4, -0.2) is 66.6 Å². The molecule has 5 nitrogen and oxygen atoms in total. The van der Waals surface area contributed by atoms with Crippen molar-refractivity contribution in [1.82, 2.24) is 9.80 Å². The highest BCUT2D eigenvalue weighted by Gasteiger charge is 2.23. The largest absolute Gasteiger partial charge is 0.508 e. The number of amides is 1. The normalized spacial score (nSPS) is 18.5. The molecule has 0 radical (unpaired) electrons. The Hall–Kier alpha value is -2.53. The lowest BCUT2D eigenvalue weighted by atomic mass is 9.90. The summed E-state index contributed by atoms with van der Waals surface area (Å²) in [5, 5.41) is 9.44. The molecule has 4 rings (SSSR count). The highest BCUT2D eigenvalue weighted by molar-refractivity contribution is 5.76. The summed E-state index contributed by atoms with van der Waals surface area (Å²) < 4.78 is 0. The highest BCUT2D eigenvalue weighted by Crippen LogP contribution is 2.22. The van der Waals surface area contributed by atoms with Crippen LogP contribution < -0.4 is 4.90 Å². The maximum Gasteiger partial charge on any atom is 0.223 e. The number of hydrogen-bond acceptors (Lipinski definition) is 4. The summed E-state index contributed by atoms with van der Waals surface area (Å²) in [4.78, 5) is 19.4. The van der Waals surface area contributed by atoms with E-state index in [4.69, 9.17) is 0 Å². The monoisotopic (exact) mass is 407 g/mol. The number of likely N-dealkylation sites (tertiary alicyclic amines) is 1. The average Bonchev–Trinajstić information content (AvgIpc) is 2.80. The molecule has 0 spiro atoms. The second-order valence-electron chi connectivity index (χ2n) is 8.61. The van der Waals surface area contributed by atoms with Gasteiger partial charge in [0.25, 0.3) is 0 Å². The summed E-state index contributed by atoms with van der Waals surface area (Å²) in [5.74, 6) is 1.34.